The zero-order valence-electron chi connectivity index (χ0n) is 6.77. The Morgan fingerprint density at radius 2 is 2.54 bits per heavy atom. The summed E-state index contributed by atoms with van der Waals surface area (Å²) in [4.78, 5) is 11.8. The van der Waals surface area contributed by atoms with E-state index >= 15 is 0 Å². The van der Waals surface area contributed by atoms with E-state index in [4.69, 9.17) is 5.11 Å². The van der Waals surface area contributed by atoms with Gasteiger partial charge in [-0.3, -0.25) is 10.1 Å². The Bertz CT molecular complexity index is 299. The van der Waals surface area contributed by atoms with Crippen LogP contribution in [-0.2, 0) is 4.79 Å². The Balaban J connectivity index is 2.03. The van der Waals surface area contributed by atoms with E-state index in [2.05, 4.69) is 5.32 Å². The normalized spacial score (nSPS) is 27.7. The van der Waals surface area contributed by atoms with Gasteiger partial charge in [-0.25, -0.2) is 0 Å². The van der Waals surface area contributed by atoms with E-state index in [-0.39, 0.29) is 5.37 Å². The fraction of sp³-hybridized carbons (Fsp3) is 0.375. The zero-order valence-corrected chi connectivity index (χ0v) is 8.40. The number of nitrogens with one attached hydrogen (secondary N) is 1. The third-order valence-corrected chi connectivity index (χ3v) is 4.22. The van der Waals surface area contributed by atoms with Crippen molar-refractivity contribution >= 4 is 29.1 Å². The van der Waals surface area contributed by atoms with Crippen molar-refractivity contribution in [1.29, 1.82) is 0 Å². The molecule has 1 saturated heterocycles. The van der Waals surface area contributed by atoms with E-state index in [1.165, 1.54) is 4.88 Å². The summed E-state index contributed by atoms with van der Waals surface area (Å²) >= 11 is 3.31. The zero-order chi connectivity index (χ0) is 9.26. The lowest BCUT2D eigenvalue weighted by atomic mass is 10.3. The molecule has 2 N–H and O–H groups in total. The van der Waals surface area contributed by atoms with Crippen LogP contribution in [0.15, 0.2) is 17.5 Å². The molecule has 3 nitrogen and oxygen atoms in total. The maximum absolute atomic E-state index is 10.6. The fourth-order valence-electron chi connectivity index (χ4n) is 1.22. The van der Waals surface area contributed by atoms with Crippen LogP contribution in [0.5, 0.6) is 0 Å². The predicted octanol–water partition coefficient (Wildman–Crippen LogP) is 1.54. The first kappa shape index (κ1) is 9.05. The molecule has 1 aliphatic heterocycles. The highest BCUT2D eigenvalue weighted by Crippen LogP contribution is 2.34. The van der Waals surface area contributed by atoms with E-state index in [1.54, 1.807) is 23.1 Å². The quantitative estimate of drug-likeness (QED) is 0.785. The Morgan fingerprint density at radius 1 is 1.69 bits per heavy atom. The first-order chi connectivity index (χ1) is 6.27. The van der Waals surface area contributed by atoms with Gasteiger partial charge in [0.05, 0.1) is 5.37 Å². The fourth-order valence-corrected chi connectivity index (χ4v) is 3.38. The number of carbonyl (C=O) groups is 1. The molecule has 0 saturated carbocycles. The minimum atomic E-state index is -0.758. The lowest BCUT2D eigenvalue weighted by Gasteiger charge is -2.07. The third kappa shape index (κ3) is 1.87. The van der Waals surface area contributed by atoms with E-state index in [0.717, 1.165) is 0 Å². The number of carboxylic acid groups (broad SMARTS) is 1. The second kappa shape index (κ2) is 3.69. The second-order valence-electron chi connectivity index (χ2n) is 2.79. The van der Waals surface area contributed by atoms with Crippen molar-refractivity contribution in [2.45, 2.75) is 11.4 Å². The molecule has 2 atom stereocenters. The number of hydrogen-bond donors (Lipinski definition) is 2. The molecule has 1 fully saturated rings. The molecular formula is C8H9NO2S2. The van der Waals surface area contributed by atoms with Gasteiger partial charge < -0.3 is 5.11 Å². The molecule has 0 aromatic carbocycles. The summed E-state index contributed by atoms with van der Waals surface area (Å²) in [7, 11) is 0. The van der Waals surface area contributed by atoms with Crippen LogP contribution in [0, 0.1) is 0 Å². The Labute approximate surface area is 84.2 Å². The first-order valence-electron chi connectivity index (χ1n) is 3.91. The van der Waals surface area contributed by atoms with E-state index in [0.29, 0.717) is 5.75 Å². The van der Waals surface area contributed by atoms with Gasteiger partial charge in [0.15, 0.2) is 0 Å². The molecule has 13 heavy (non-hydrogen) atoms. The first-order valence-corrected chi connectivity index (χ1v) is 5.84. The van der Waals surface area contributed by atoms with Crippen LogP contribution in [0.2, 0.25) is 0 Å². The average Bonchev–Trinajstić information content (AvgIpc) is 2.75. The SMILES string of the molecule is O=C(O)[C@@H]1CS[C@H](c2cccs2)N1. The van der Waals surface area contributed by atoms with Gasteiger partial charge in [0.2, 0.25) is 0 Å². The number of aliphatic carboxylic acids is 1. The Kier molecular flexibility index (Phi) is 2.57. The topological polar surface area (TPSA) is 49.3 Å². The maximum Gasteiger partial charge on any atom is 0.321 e. The van der Waals surface area contributed by atoms with Gasteiger partial charge in [0, 0.05) is 10.6 Å². The molecule has 1 aromatic heterocycles. The van der Waals surface area contributed by atoms with Crippen molar-refractivity contribution in [3.63, 3.8) is 0 Å². The van der Waals surface area contributed by atoms with Gasteiger partial charge in [0.1, 0.15) is 6.04 Å². The molecule has 0 bridgehead atoms. The van der Waals surface area contributed by atoms with Crippen LogP contribution >= 0.6 is 23.1 Å². The highest BCUT2D eigenvalue weighted by molar-refractivity contribution is 7.99. The molecular weight excluding hydrogens is 206 g/mol. The highest BCUT2D eigenvalue weighted by atomic mass is 32.2. The standard InChI is InChI=1S/C8H9NO2S2/c10-8(11)5-4-13-7(9-5)6-2-1-3-12-6/h1-3,5,7,9H,4H2,(H,10,11)/t5-,7+/m0/s1. The van der Waals surface area contributed by atoms with Crippen LogP contribution in [0.4, 0.5) is 0 Å². The molecule has 0 aliphatic carbocycles. The summed E-state index contributed by atoms with van der Waals surface area (Å²) < 4.78 is 0. The minimum absolute atomic E-state index is 0.168. The van der Waals surface area contributed by atoms with Gasteiger partial charge >= 0.3 is 5.97 Å². The molecule has 2 heterocycles. The molecule has 5 heteroatoms. The van der Waals surface area contributed by atoms with Gasteiger partial charge in [-0.2, -0.15) is 0 Å². The number of hydrogen-bond acceptors (Lipinski definition) is 4. The van der Waals surface area contributed by atoms with Crippen molar-refractivity contribution in [1.82, 2.24) is 5.32 Å². The van der Waals surface area contributed by atoms with Crippen molar-refractivity contribution < 1.29 is 9.90 Å². The third-order valence-electron chi connectivity index (χ3n) is 1.88. The van der Waals surface area contributed by atoms with Crippen LogP contribution < -0.4 is 5.32 Å². The summed E-state index contributed by atoms with van der Waals surface area (Å²) in [5.74, 6) is -0.107. The summed E-state index contributed by atoms with van der Waals surface area (Å²) in [6.07, 6.45) is 0. The van der Waals surface area contributed by atoms with Crippen molar-refractivity contribution in [3.8, 4) is 0 Å². The Morgan fingerprint density at radius 3 is 3.08 bits per heavy atom. The monoisotopic (exact) mass is 215 g/mol. The van der Waals surface area contributed by atoms with Gasteiger partial charge in [-0.1, -0.05) is 6.07 Å². The number of rotatable bonds is 2. The van der Waals surface area contributed by atoms with Crippen LogP contribution in [0.3, 0.4) is 0 Å². The van der Waals surface area contributed by atoms with E-state index in [9.17, 15) is 4.79 Å². The van der Waals surface area contributed by atoms with Crippen LogP contribution in [0.1, 0.15) is 10.3 Å². The highest BCUT2D eigenvalue weighted by Gasteiger charge is 2.30. The molecule has 1 aliphatic rings. The molecule has 1 aromatic rings. The summed E-state index contributed by atoms with van der Waals surface area (Å²) in [6.45, 7) is 0. The maximum atomic E-state index is 10.6. The molecule has 2 rings (SSSR count). The molecule has 0 amide bonds. The summed E-state index contributed by atoms with van der Waals surface area (Å²) in [6, 6.07) is 3.62. The number of thioether (sulfide) groups is 1. The average molecular weight is 215 g/mol. The van der Waals surface area contributed by atoms with Gasteiger partial charge in [-0.05, 0) is 11.4 Å². The van der Waals surface area contributed by atoms with E-state index < -0.39 is 12.0 Å². The number of carboxylic acids is 1. The van der Waals surface area contributed by atoms with Crippen molar-refractivity contribution in [3.05, 3.63) is 22.4 Å². The van der Waals surface area contributed by atoms with Crippen LogP contribution in [0.25, 0.3) is 0 Å². The largest absolute Gasteiger partial charge is 0.480 e. The smallest absolute Gasteiger partial charge is 0.321 e. The molecule has 0 radical (unpaired) electrons. The van der Waals surface area contributed by atoms with E-state index in [1.807, 2.05) is 17.5 Å². The molecule has 0 unspecified atom stereocenters. The lowest BCUT2D eigenvalue weighted by Crippen LogP contribution is -2.33. The number of thiophene rings is 1. The van der Waals surface area contributed by atoms with Gasteiger partial charge in [0.25, 0.3) is 0 Å². The van der Waals surface area contributed by atoms with Crippen LogP contribution in [-0.4, -0.2) is 22.9 Å². The molecule has 70 valence electrons. The summed E-state index contributed by atoms with van der Waals surface area (Å²) in [5.41, 5.74) is 0. The van der Waals surface area contributed by atoms with Crippen molar-refractivity contribution in [2.75, 3.05) is 5.75 Å². The second-order valence-corrected chi connectivity index (χ2v) is 4.90. The molecule has 0 spiro atoms. The lowest BCUT2D eigenvalue weighted by molar-refractivity contribution is -0.138. The van der Waals surface area contributed by atoms with Gasteiger partial charge in [-0.15, -0.1) is 23.1 Å². The predicted molar refractivity (Wildman–Crippen MR) is 54.1 cm³/mol. The summed E-state index contributed by atoms with van der Waals surface area (Å²) in [5, 5.41) is 14.0. The Hall–Kier alpha value is -0.520. The minimum Gasteiger partial charge on any atom is -0.480 e. The van der Waals surface area contributed by atoms with Crippen molar-refractivity contribution in [2.24, 2.45) is 0 Å².